The van der Waals surface area contributed by atoms with E-state index >= 15 is 0 Å². The molecule has 6 fully saturated rings. The van der Waals surface area contributed by atoms with Crippen LogP contribution in [0.2, 0.25) is 0 Å². The van der Waals surface area contributed by atoms with E-state index in [1.165, 1.54) is 6.42 Å². The quantitative estimate of drug-likeness (QED) is 0.466. The van der Waals surface area contributed by atoms with Gasteiger partial charge in [0.2, 0.25) is 5.79 Å². The number of amides is 1. The van der Waals surface area contributed by atoms with Crippen molar-refractivity contribution in [1.29, 1.82) is 0 Å². The van der Waals surface area contributed by atoms with Crippen molar-refractivity contribution in [2.75, 3.05) is 6.54 Å². The molecule has 10 nitrogen and oxygen atoms in total. The SMILES string of the molecule is CC1CCCCN1C(=O)c1ccc(-n2cc(CO[C@H]3O[C@@H]4O[C@@]5(C)CC[C@H]6[C@H](C)CC[C@@H]([C@H]3C)[C@@]46OO5)nn2)cc1. The fraction of sp³-hybridized carbons (Fsp3) is 0.710. The normalized spacial score (nSPS) is 40.2. The first kappa shape index (κ1) is 27.5. The van der Waals surface area contributed by atoms with E-state index in [-0.39, 0.29) is 30.4 Å². The van der Waals surface area contributed by atoms with Gasteiger partial charge in [-0.25, -0.2) is 14.5 Å². The fourth-order valence-corrected chi connectivity index (χ4v) is 8.04. The van der Waals surface area contributed by atoms with E-state index in [1.54, 1.807) is 4.68 Å². The summed E-state index contributed by atoms with van der Waals surface area (Å²) < 4.78 is 21.0. The molecule has 10 heteroatoms. The van der Waals surface area contributed by atoms with Crippen molar-refractivity contribution in [2.45, 2.75) is 109 Å². The summed E-state index contributed by atoms with van der Waals surface area (Å²) in [5, 5.41) is 8.65. The molecule has 0 radical (unpaired) electrons. The summed E-state index contributed by atoms with van der Waals surface area (Å²) in [6, 6.07) is 7.85. The van der Waals surface area contributed by atoms with Gasteiger partial charge in [0.1, 0.15) is 5.69 Å². The number of carbonyl (C=O) groups is 1. The Morgan fingerprint density at radius 3 is 2.68 bits per heavy atom. The predicted octanol–water partition coefficient (Wildman–Crippen LogP) is 5.01. The Labute approximate surface area is 241 Å². The van der Waals surface area contributed by atoms with Gasteiger partial charge in [-0.1, -0.05) is 19.1 Å². The standard InChI is InChI=1S/C31H42N4O6/c1-19-8-13-26-21(3)28(38-29-31(26)25(19)14-15-30(4,39-29)40-41-31)37-18-23-17-35(33-32-23)24-11-9-22(10-12-24)27(36)34-16-6-5-7-20(34)2/h9-12,17,19-21,25-26,28-29H,5-8,13-16,18H2,1-4H3/t19-,20?,21-,25+,26+,28+,29-,30-,31-/m1/s1. The molecule has 0 N–H and O–H groups in total. The zero-order valence-electron chi connectivity index (χ0n) is 24.5. The summed E-state index contributed by atoms with van der Waals surface area (Å²) in [6.07, 6.45) is 8.15. The molecule has 6 heterocycles. The van der Waals surface area contributed by atoms with Gasteiger partial charge in [0.15, 0.2) is 18.2 Å². The van der Waals surface area contributed by atoms with Crippen molar-refractivity contribution in [3.63, 3.8) is 0 Å². The molecular formula is C31H42N4O6. The molecule has 9 atom stereocenters. The molecule has 1 amide bonds. The van der Waals surface area contributed by atoms with E-state index < -0.39 is 24.0 Å². The maximum absolute atomic E-state index is 13.0. The molecule has 5 saturated heterocycles. The molecular weight excluding hydrogens is 524 g/mol. The first-order chi connectivity index (χ1) is 19.8. The second-order valence-corrected chi connectivity index (χ2v) is 13.1. The van der Waals surface area contributed by atoms with Crippen LogP contribution in [0.15, 0.2) is 30.5 Å². The Bertz CT molecular complexity index is 1270. The number of nitrogens with zero attached hydrogens (tertiary/aromatic N) is 4. The van der Waals surface area contributed by atoms with Crippen LogP contribution in [0.25, 0.3) is 5.69 Å². The molecule has 2 bridgehead atoms. The Hall–Kier alpha value is -2.37. The van der Waals surface area contributed by atoms with Crippen LogP contribution in [0.4, 0.5) is 0 Å². The molecule has 1 unspecified atom stereocenters. The number of benzene rings is 1. The molecule has 1 aliphatic carbocycles. The molecule has 222 valence electrons. The van der Waals surface area contributed by atoms with Gasteiger partial charge in [0, 0.05) is 36.4 Å². The van der Waals surface area contributed by atoms with Crippen molar-refractivity contribution >= 4 is 5.91 Å². The summed E-state index contributed by atoms with van der Waals surface area (Å²) in [4.78, 5) is 27.1. The van der Waals surface area contributed by atoms with Crippen LogP contribution < -0.4 is 0 Å². The van der Waals surface area contributed by atoms with E-state index in [1.807, 2.05) is 42.3 Å². The molecule has 41 heavy (non-hydrogen) atoms. The highest BCUT2D eigenvalue weighted by Crippen LogP contribution is 2.60. The molecule has 1 aromatic heterocycles. The van der Waals surface area contributed by atoms with Gasteiger partial charge < -0.3 is 19.1 Å². The molecule has 1 aromatic carbocycles. The van der Waals surface area contributed by atoms with E-state index in [4.69, 9.17) is 24.0 Å². The topological polar surface area (TPSA) is 97.2 Å². The number of rotatable bonds is 5. The van der Waals surface area contributed by atoms with Gasteiger partial charge in [-0.3, -0.25) is 4.79 Å². The van der Waals surface area contributed by atoms with Gasteiger partial charge in [-0.2, -0.15) is 0 Å². The minimum atomic E-state index is -0.808. The summed E-state index contributed by atoms with van der Waals surface area (Å²) >= 11 is 0. The van der Waals surface area contributed by atoms with Crippen LogP contribution in [-0.2, 0) is 30.6 Å². The Morgan fingerprint density at radius 2 is 1.88 bits per heavy atom. The lowest BCUT2D eigenvalue weighted by molar-refractivity contribution is -0.577. The monoisotopic (exact) mass is 566 g/mol. The third-order valence-corrected chi connectivity index (χ3v) is 10.5. The van der Waals surface area contributed by atoms with Crippen molar-refractivity contribution < 1.29 is 28.8 Å². The number of carbonyl (C=O) groups excluding carboxylic acids is 1. The van der Waals surface area contributed by atoms with Crippen LogP contribution in [0.5, 0.6) is 0 Å². The highest BCUT2D eigenvalue weighted by atomic mass is 17.3. The number of piperidine rings is 1. The van der Waals surface area contributed by atoms with E-state index in [9.17, 15) is 4.79 Å². The fourth-order valence-electron chi connectivity index (χ4n) is 8.04. The highest BCUT2D eigenvalue weighted by molar-refractivity contribution is 5.94. The minimum absolute atomic E-state index is 0.0929. The van der Waals surface area contributed by atoms with Gasteiger partial charge in [0.25, 0.3) is 5.91 Å². The van der Waals surface area contributed by atoms with Gasteiger partial charge in [-0.15, -0.1) is 5.10 Å². The van der Waals surface area contributed by atoms with E-state index in [0.29, 0.717) is 23.1 Å². The lowest BCUT2D eigenvalue weighted by Crippen LogP contribution is -2.70. The van der Waals surface area contributed by atoms with Crippen LogP contribution in [0.3, 0.4) is 0 Å². The predicted molar refractivity (Wildman–Crippen MR) is 147 cm³/mol. The lowest BCUT2D eigenvalue weighted by atomic mass is 9.58. The van der Waals surface area contributed by atoms with Crippen molar-refractivity contribution in [1.82, 2.24) is 19.9 Å². The number of fused-ring (bicyclic) bond motifs is 2. The summed E-state index contributed by atoms with van der Waals surface area (Å²) in [7, 11) is 0. The number of ether oxygens (including phenoxy) is 3. The number of hydrogen-bond acceptors (Lipinski definition) is 8. The Morgan fingerprint density at radius 1 is 1.05 bits per heavy atom. The van der Waals surface area contributed by atoms with Crippen LogP contribution in [-0.4, -0.2) is 62.4 Å². The Kier molecular flexibility index (Phi) is 6.98. The molecule has 1 saturated carbocycles. The third kappa shape index (κ3) is 4.63. The molecule has 1 spiro atoms. The Balaban J connectivity index is 1.02. The van der Waals surface area contributed by atoms with Crippen LogP contribution in [0, 0.1) is 23.7 Å². The molecule has 2 aromatic rings. The average Bonchev–Trinajstić information content (AvgIpc) is 3.34. The first-order valence-electron chi connectivity index (χ1n) is 15.4. The van der Waals surface area contributed by atoms with Crippen LogP contribution in [0.1, 0.15) is 88.7 Å². The third-order valence-electron chi connectivity index (χ3n) is 10.5. The second kappa shape index (κ2) is 10.4. The van der Waals surface area contributed by atoms with Gasteiger partial charge in [0.05, 0.1) is 18.5 Å². The molecule has 8 rings (SSSR count). The highest BCUT2D eigenvalue weighted by Gasteiger charge is 2.69. The largest absolute Gasteiger partial charge is 0.346 e. The summed E-state index contributed by atoms with van der Waals surface area (Å²) in [5.74, 6) is 0.431. The van der Waals surface area contributed by atoms with Gasteiger partial charge >= 0.3 is 0 Å². The van der Waals surface area contributed by atoms with Crippen molar-refractivity contribution in [2.24, 2.45) is 23.7 Å². The maximum atomic E-state index is 13.0. The van der Waals surface area contributed by atoms with Gasteiger partial charge in [-0.05, 0) is 88.5 Å². The first-order valence-corrected chi connectivity index (χ1v) is 15.4. The zero-order valence-corrected chi connectivity index (χ0v) is 24.5. The average molecular weight is 567 g/mol. The van der Waals surface area contributed by atoms with Crippen LogP contribution >= 0.6 is 0 Å². The summed E-state index contributed by atoms with van der Waals surface area (Å²) in [6.45, 7) is 9.65. The number of aromatic nitrogens is 3. The van der Waals surface area contributed by atoms with E-state index in [0.717, 1.165) is 50.8 Å². The smallest absolute Gasteiger partial charge is 0.254 e. The van der Waals surface area contributed by atoms with Crippen molar-refractivity contribution in [3.05, 3.63) is 41.7 Å². The molecule has 5 aliphatic heterocycles. The second-order valence-electron chi connectivity index (χ2n) is 13.1. The number of hydrogen-bond donors (Lipinski definition) is 0. The van der Waals surface area contributed by atoms with E-state index in [2.05, 4.69) is 31.1 Å². The van der Waals surface area contributed by atoms with Crippen molar-refractivity contribution in [3.8, 4) is 5.69 Å². The number of likely N-dealkylation sites (tertiary alicyclic amines) is 1. The maximum Gasteiger partial charge on any atom is 0.254 e. The molecule has 6 aliphatic rings. The lowest BCUT2D eigenvalue weighted by Gasteiger charge is -2.60. The minimum Gasteiger partial charge on any atom is -0.346 e. The zero-order chi connectivity index (χ0) is 28.4. The summed E-state index contributed by atoms with van der Waals surface area (Å²) in [5.41, 5.74) is 1.64.